The first-order chi connectivity index (χ1) is 13.5. The molecule has 0 heterocycles. The average molecular weight is 380 g/mol. The largest absolute Gasteiger partial charge is 0.448 e. The molecule has 0 bridgehead atoms. The molecule has 0 saturated carbocycles. The Morgan fingerprint density at radius 3 is 1.93 bits per heavy atom. The lowest BCUT2D eigenvalue weighted by Gasteiger charge is -2.31. The van der Waals surface area contributed by atoms with E-state index in [1.165, 1.54) is 27.2 Å². The third-order valence-electron chi connectivity index (χ3n) is 5.95. The quantitative estimate of drug-likeness (QED) is 0.659. The Kier molecular flexibility index (Phi) is 6.18. The number of carbonyl (C=O) groups is 2. The van der Waals surface area contributed by atoms with Gasteiger partial charge in [0.2, 0.25) is 0 Å². The molecule has 2 aromatic rings. The second-order valence-electron chi connectivity index (χ2n) is 7.55. The van der Waals surface area contributed by atoms with Gasteiger partial charge in [0.15, 0.2) is 5.78 Å². The van der Waals surface area contributed by atoms with E-state index < -0.39 is 12.1 Å². The molecule has 0 aliphatic heterocycles. The fourth-order valence-corrected chi connectivity index (χ4v) is 4.47. The van der Waals surface area contributed by atoms with E-state index in [2.05, 4.69) is 38.1 Å². The SMILES string of the molecule is CCC(CC)C(C(C)=O)N(C)C(=O)OCC1c2ccccc2-c2ccccc21. The molecule has 3 rings (SSSR count). The summed E-state index contributed by atoms with van der Waals surface area (Å²) < 4.78 is 5.71. The van der Waals surface area contributed by atoms with Crippen LogP contribution in [0.3, 0.4) is 0 Å². The molecule has 0 N–H and O–H groups in total. The third-order valence-corrected chi connectivity index (χ3v) is 5.95. The Bertz CT molecular complexity index is 811. The van der Waals surface area contributed by atoms with Crippen molar-refractivity contribution >= 4 is 11.9 Å². The van der Waals surface area contributed by atoms with Crippen molar-refractivity contribution in [3.63, 3.8) is 0 Å². The number of carbonyl (C=O) groups excluding carboxylic acids is 2. The fraction of sp³-hybridized carbons (Fsp3) is 0.417. The summed E-state index contributed by atoms with van der Waals surface area (Å²) in [7, 11) is 1.67. The zero-order chi connectivity index (χ0) is 20.3. The topological polar surface area (TPSA) is 46.6 Å². The van der Waals surface area contributed by atoms with E-state index in [-0.39, 0.29) is 24.2 Å². The van der Waals surface area contributed by atoms with E-state index in [9.17, 15) is 9.59 Å². The number of likely N-dealkylation sites (N-methyl/N-ethyl adjacent to an activating group) is 1. The minimum Gasteiger partial charge on any atom is -0.448 e. The van der Waals surface area contributed by atoms with Gasteiger partial charge in [0.25, 0.3) is 0 Å². The Hall–Kier alpha value is -2.62. The average Bonchev–Trinajstić information content (AvgIpc) is 3.03. The molecule has 1 aliphatic carbocycles. The number of fused-ring (bicyclic) bond motifs is 3. The van der Waals surface area contributed by atoms with E-state index >= 15 is 0 Å². The smallest absolute Gasteiger partial charge is 0.410 e. The number of benzene rings is 2. The zero-order valence-corrected chi connectivity index (χ0v) is 17.1. The number of nitrogens with zero attached hydrogens (tertiary/aromatic N) is 1. The van der Waals surface area contributed by atoms with Gasteiger partial charge in [0.1, 0.15) is 6.61 Å². The first-order valence-corrected chi connectivity index (χ1v) is 10.1. The van der Waals surface area contributed by atoms with Crippen molar-refractivity contribution in [2.45, 2.75) is 45.6 Å². The molecule has 1 atom stereocenters. The Morgan fingerprint density at radius 1 is 0.964 bits per heavy atom. The van der Waals surface area contributed by atoms with Crippen molar-refractivity contribution in [1.82, 2.24) is 4.90 Å². The first-order valence-electron chi connectivity index (χ1n) is 10.1. The van der Waals surface area contributed by atoms with Crippen LogP contribution in [0.5, 0.6) is 0 Å². The molecule has 0 aromatic heterocycles. The van der Waals surface area contributed by atoms with Crippen LogP contribution in [0.1, 0.15) is 50.7 Å². The van der Waals surface area contributed by atoms with Crippen LogP contribution in [-0.2, 0) is 9.53 Å². The number of Topliss-reactive ketones (excluding diaryl/α,β-unsaturated/α-hetero) is 1. The summed E-state index contributed by atoms with van der Waals surface area (Å²) in [4.78, 5) is 26.4. The lowest BCUT2D eigenvalue weighted by Crippen LogP contribution is -2.46. The molecule has 4 nitrogen and oxygen atoms in total. The predicted octanol–water partition coefficient (Wildman–Crippen LogP) is 5.26. The number of amides is 1. The maximum atomic E-state index is 12.8. The standard InChI is InChI=1S/C24H29NO3/c1-5-17(6-2)23(16(3)26)25(4)24(27)28-15-22-20-13-9-7-11-18(20)19-12-8-10-14-21(19)22/h7-14,17,22-23H,5-6,15H2,1-4H3. The van der Waals surface area contributed by atoms with Gasteiger partial charge in [-0.15, -0.1) is 0 Å². The van der Waals surface area contributed by atoms with Crippen LogP contribution in [0, 0.1) is 5.92 Å². The highest BCUT2D eigenvalue weighted by Gasteiger charge is 2.33. The molecule has 28 heavy (non-hydrogen) atoms. The molecule has 148 valence electrons. The van der Waals surface area contributed by atoms with Gasteiger partial charge in [-0.05, 0) is 35.1 Å². The van der Waals surface area contributed by atoms with Crippen molar-refractivity contribution < 1.29 is 14.3 Å². The van der Waals surface area contributed by atoms with Crippen LogP contribution in [0.25, 0.3) is 11.1 Å². The normalized spacial score (nSPS) is 13.8. The lowest BCUT2D eigenvalue weighted by molar-refractivity contribution is -0.123. The van der Waals surface area contributed by atoms with Crippen LogP contribution in [0.2, 0.25) is 0 Å². The maximum absolute atomic E-state index is 12.8. The van der Waals surface area contributed by atoms with Gasteiger partial charge >= 0.3 is 6.09 Å². The molecule has 0 saturated heterocycles. The van der Waals surface area contributed by atoms with Gasteiger partial charge in [0.05, 0.1) is 6.04 Å². The Balaban J connectivity index is 1.76. The molecule has 0 spiro atoms. The van der Waals surface area contributed by atoms with Crippen molar-refractivity contribution in [2.75, 3.05) is 13.7 Å². The molecule has 2 aromatic carbocycles. The number of ether oxygens (including phenoxy) is 1. The van der Waals surface area contributed by atoms with Gasteiger partial charge in [-0.1, -0.05) is 75.2 Å². The summed E-state index contributed by atoms with van der Waals surface area (Å²) in [6, 6.07) is 16.1. The fourth-order valence-electron chi connectivity index (χ4n) is 4.47. The molecule has 0 radical (unpaired) electrons. The summed E-state index contributed by atoms with van der Waals surface area (Å²) in [5, 5.41) is 0. The van der Waals surface area contributed by atoms with Crippen LogP contribution in [-0.4, -0.2) is 36.5 Å². The summed E-state index contributed by atoms with van der Waals surface area (Å²) in [6.07, 6.45) is 1.26. The van der Waals surface area contributed by atoms with Crippen LogP contribution < -0.4 is 0 Å². The summed E-state index contributed by atoms with van der Waals surface area (Å²) in [5.41, 5.74) is 4.77. The van der Waals surface area contributed by atoms with Crippen molar-refractivity contribution in [2.24, 2.45) is 5.92 Å². The van der Waals surface area contributed by atoms with Gasteiger partial charge in [-0.2, -0.15) is 0 Å². The number of hydrogen-bond acceptors (Lipinski definition) is 3. The number of ketones is 1. The number of hydrogen-bond donors (Lipinski definition) is 0. The highest BCUT2D eigenvalue weighted by atomic mass is 16.6. The van der Waals surface area contributed by atoms with E-state index in [1.54, 1.807) is 14.0 Å². The molecule has 0 fully saturated rings. The predicted molar refractivity (Wildman–Crippen MR) is 111 cm³/mol. The second kappa shape index (κ2) is 8.59. The molecule has 1 amide bonds. The summed E-state index contributed by atoms with van der Waals surface area (Å²) >= 11 is 0. The first kappa shape index (κ1) is 20.1. The molecular weight excluding hydrogens is 350 g/mol. The Morgan fingerprint density at radius 2 is 1.46 bits per heavy atom. The van der Waals surface area contributed by atoms with Gasteiger partial charge in [-0.3, -0.25) is 4.79 Å². The van der Waals surface area contributed by atoms with Crippen molar-refractivity contribution in [1.29, 1.82) is 0 Å². The van der Waals surface area contributed by atoms with E-state index in [0.717, 1.165) is 12.8 Å². The minimum atomic E-state index is -0.439. The molecule has 4 heteroatoms. The highest BCUT2D eigenvalue weighted by Crippen LogP contribution is 2.44. The molecule has 1 aliphatic rings. The minimum absolute atomic E-state index is 0.00436. The second-order valence-corrected chi connectivity index (χ2v) is 7.55. The van der Waals surface area contributed by atoms with E-state index in [4.69, 9.17) is 4.74 Å². The van der Waals surface area contributed by atoms with Crippen molar-refractivity contribution in [3.8, 4) is 11.1 Å². The van der Waals surface area contributed by atoms with E-state index in [1.807, 2.05) is 24.3 Å². The summed E-state index contributed by atoms with van der Waals surface area (Å²) in [5.74, 6) is 0.168. The lowest BCUT2D eigenvalue weighted by atomic mass is 9.91. The molecule has 1 unspecified atom stereocenters. The third kappa shape index (κ3) is 3.68. The van der Waals surface area contributed by atoms with Crippen LogP contribution in [0.4, 0.5) is 4.79 Å². The van der Waals surface area contributed by atoms with Crippen LogP contribution in [0.15, 0.2) is 48.5 Å². The maximum Gasteiger partial charge on any atom is 0.410 e. The van der Waals surface area contributed by atoms with Crippen LogP contribution >= 0.6 is 0 Å². The monoisotopic (exact) mass is 379 g/mol. The number of rotatable bonds is 7. The van der Waals surface area contributed by atoms with E-state index in [0.29, 0.717) is 0 Å². The van der Waals surface area contributed by atoms with Gasteiger partial charge in [0, 0.05) is 13.0 Å². The zero-order valence-electron chi connectivity index (χ0n) is 17.1. The summed E-state index contributed by atoms with van der Waals surface area (Å²) in [6.45, 7) is 5.92. The van der Waals surface area contributed by atoms with Gasteiger partial charge < -0.3 is 9.64 Å². The highest BCUT2D eigenvalue weighted by molar-refractivity contribution is 5.85. The van der Waals surface area contributed by atoms with Gasteiger partial charge in [-0.25, -0.2) is 4.79 Å². The molecular formula is C24H29NO3. The Labute approximate surface area is 167 Å². The van der Waals surface area contributed by atoms with Crippen molar-refractivity contribution in [3.05, 3.63) is 59.7 Å².